The second-order valence-corrected chi connectivity index (χ2v) is 7.99. The van der Waals surface area contributed by atoms with Crippen LogP contribution >= 0.6 is 0 Å². The van der Waals surface area contributed by atoms with Gasteiger partial charge in [0.05, 0.1) is 0 Å². The van der Waals surface area contributed by atoms with Crippen LogP contribution in [0, 0.1) is 0 Å². The Morgan fingerprint density at radius 1 is 0.950 bits per heavy atom. The van der Waals surface area contributed by atoms with Crippen LogP contribution in [0.4, 0.5) is 0 Å². The Morgan fingerprint density at radius 2 is 1.45 bits per heavy atom. The standard InChI is InChI=1S/C16H25O3S/c1-7-15(3,4)12-9-10-13(16(5,6)8-2)14(11-12)20(17,18)19/h9-11H,7-8H2,1-6H3. The SMILES string of the molecule is CCC(C)(C)c1ccc(C(C)(C)CC)c(S([O])(=O)=O)c1. The van der Waals surface area contributed by atoms with E-state index < -0.39 is 10.1 Å². The predicted octanol–water partition coefficient (Wildman–Crippen LogP) is 4.18. The molecule has 0 aliphatic heterocycles. The molecule has 3 nitrogen and oxygen atoms in total. The number of hydrogen-bond donors (Lipinski definition) is 0. The summed E-state index contributed by atoms with van der Waals surface area (Å²) in [5.74, 6) is 0. The van der Waals surface area contributed by atoms with E-state index in [0.29, 0.717) is 5.56 Å². The molecule has 0 aliphatic carbocycles. The Bertz CT molecular complexity index is 584. The first-order valence-electron chi connectivity index (χ1n) is 7.06. The summed E-state index contributed by atoms with van der Waals surface area (Å²) in [5.41, 5.74) is 1.03. The minimum atomic E-state index is -4.47. The van der Waals surface area contributed by atoms with Crippen molar-refractivity contribution in [2.24, 2.45) is 0 Å². The lowest BCUT2D eigenvalue weighted by Crippen LogP contribution is -2.22. The average Bonchev–Trinajstić information content (AvgIpc) is 2.37. The fourth-order valence-electron chi connectivity index (χ4n) is 2.10. The van der Waals surface area contributed by atoms with Gasteiger partial charge in [-0.2, -0.15) is 8.42 Å². The summed E-state index contributed by atoms with van der Waals surface area (Å²) in [4.78, 5) is -0.0663. The molecule has 4 heteroatoms. The Hall–Kier alpha value is -0.870. The molecular formula is C16H25O3S. The van der Waals surface area contributed by atoms with Crippen molar-refractivity contribution in [3.05, 3.63) is 29.3 Å². The molecule has 0 aromatic heterocycles. The lowest BCUT2D eigenvalue weighted by atomic mass is 9.78. The van der Waals surface area contributed by atoms with Gasteiger partial charge < -0.3 is 0 Å². The summed E-state index contributed by atoms with van der Waals surface area (Å²) in [7, 11) is -4.47. The zero-order valence-corrected chi connectivity index (χ0v) is 14.1. The lowest BCUT2D eigenvalue weighted by molar-refractivity contribution is 0.407. The van der Waals surface area contributed by atoms with Crippen molar-refractivity contribution in [1.29, 1.82) is 0 Å². The minimum absolute atomic E-state index is 0.0663. The van der Waals surface area contributed by atoms with Gasteiger partial charge in [-0.3, -0.25) is 0 Å². The molecule has 0 heterocycles. The van der Waals surface area contributed by atoms with Crippen LogP contribution in [0.5, 0.6) is 0 Å². The molecule has 113 valence electrons. The van der Waals surface area contributed by atoms with Gasteiger partial charge in [0.25, 0.3) is 0 Å². The first-order chi connectivity index (χ1) is 8.95. The van der Waals surface area contributed by atoms with E-state index in [4.69, 9.17) is 0 Å². The molecule has 0 aliphatic rings. The summed E-state index contributed by atoms with van der Waals surface area (Å²) >= 11 is 0. The largest absolute Gasteiger partial charge is 0.324 e. The van der Waals surface area contributed by atoms with E-state index in [0.717, 1.165) is 18.4 Å². The maximum atomic E-state index is 11.6. The molecule has 0 atom stereocenters. The quantitative estimate of drug-likeness (QED) is 0.818. The summed E-state index contributed by atoms with van der Waals surface area (Å²) in [6, 6.07) is 5.32. The molecule has 0 saturated carbocycles. The second kappa shape index (κ2) is 5.49. The summed E-state index contributed by atoms with van der Waals surface area (Å²) in [5, 5.41) is 0. The van der Waals surface area contributed by atoms with Crippen molar-refractivity contribution < 1.29 is 13.0 Å². The summed E-state index contributed by atoms with van der Waals surface area (Å²) < 4.78 is 34.9. The first kappa shape index (κ1) is 17.2. The van der Waals surface area contributed by atoms with Crippen molar-refractivity contribution in [3.63, 3.8) is 0 Å². The smallest absolute Gasteiger partial charge is 0.192 e. The molecular weight excluding hydrogens is 272 g/mol. The van der Waals surface area contributed by atoms with Gasteiger partial charge in [-0.05, 0) is 40.9 Å². The van der Waals surface area contributed by atoms with Crippen LogP contribution in [-0.2, 0) is 25.5 Å². The highest BCUT2D eigenvalue weighted by Crippen LogP contribution is 2.36. The molecule has 1 aromatic carbocycles. The highest BCUT2D eigenvalue weighted by molar-refractivity contribution is 7.85. The van der Waals surface area contributed by atoms with Crippen LogP contribution in [0.15, 0.2) is 23.1 Å². The van der Waals surface area contributed by atoms with Gasteiger partial charge in [-0.1, -0.05) is 58.2 Å². The zero-order valence-electron chi connectivity index (χ0n) is 13.3. The van der Waals surface area contributed by atoms with Crippen molar-refractivity contribution in [2.75, 3.05) is 0 Å². The van der Waals surface area contributed by atoms with E-state index in [1.54, 1.807) is 12.1 Å². The molecule has 1 radical (unpaired) electrons. The van der Waals surface area contributed by atoms with Crippen LogP contribution in [0.2, 0.25) is 0 Å². The fraction of sp³-hybridized carbons (Fsp3) is 0.625. The van der Waals surface area contributed by atoms with E-state index in [9.17, 15) is 13.0 Å². The molecule has 0 spiro atoms. The summed E-state index contributed by atoms with van der Waals surface area (Å²) in [6.45, 7) is 12.1. The average molecular weight is 297 g/mol. The Morgan fingerprint density at radius 3 is 1.85 bits per heavy atom. The Kier molecular flexibility index (Phi) is 4.72. The number of hydrogen-bond acceptors (Lipinski definition) is 2. The van der Waals surface area contributed by atoms with Crippen LogP contribution in [0.3, 0.4) is 0 Å². The minimum Gasteiger partial charge on any atom is -0.192 e. The predicted molar refractivity (Wildman–Crippen MR) is 80.9 cm³/mol. The Balaban J connectivity index is 3.60. The first-order valence-corrected chi connectivity index (χ1v) is 8.47. The maximum Gasteiger partial charge on any atom is 0.324 e. The Labute approximate surface area is 123 Å². The van der Waals surface area contributed by atoms with Crippen LogP contribution in [0.1, 0.15) is 65.5 Å². The third-order valence-electron chi connectivity index (χ3n) is 4.53. The highest BCUT2D eigenvalue weighted by atomic mass is 32.2. The second-order valence-electron chi connectivity index (χ2n) is 6.64. The van der Waals surface area contributed by atoms with Crippen LogP contribution < -0.4 is 0 Å². The normalized spacial score (nSPS) is 13.6. The van der Waals surface area contributed by atoms with E-state index in [1.807, 2.05) is 40.7 Å². The van der Waals surface area contributed by atoms with Gasteiger partial charge >= 0.3 is 10.1 Å². The number of benzene rings is 1. The van der Waals surface area contributed by atoms with E-state index >= 15 is 0 Å². The van der Waals surface area contributed by atoms with Crippen LogP contribution in [0.25, 0.3) is 0 Å². The molecule has 0 fully saturated rings. The summed E-state index contributed by atoms with van der Waals surface area (Å²) in [6.07, 6.45) is 1.65. The van der Waals surface area contributed by atoms with E-state index in [1.165, 1.54) is 0 Å². The fourth-order valence-corrected chi connectivity index (χ4v) is 2.99. The molecule has 0 N–H and O–H groups in total. The van der Waals surface area contributed by atoms with Gasteiger partial charge in [0.1, 0.15) is 4.90 Å². The van der Waals surface area contributed by atoms with E-state index in [-0.39, 0.29) is 15.7 Å². The molecule has 0 saturated heterocycles. The van der Waals surface area contributed by atoms with Gasteiger partial charge in [0.2, 0.25) is 0 Å². The topological polar surface area (TPSA) is 54.0 Å². The van der Waals surface area contributed by atoms with Gasteiger partial charge in [-0.25, -0.2) is 0 Å². The molecule has 0 unspecified atom stereocenters. The third kappa shape index (κ3) is 3.41. The number of rotatable bonds is 5. The molecule has 1 rings (SSSR count). The van der Waals surface area contributed by atoms with Gasteiger partial charge in [-0.15, -0.1) is 0 Å². The van der Waals surface area contributed by atoms with Crippen molar-refractivity contribution in [1.82, 2.24) is 0 Å². The molecule has 20 heavy (non-hydrogen) atoms. The van der Waals surface area contributed by atoms with Crippen molar-refractivity contribution in [3.8, 4) is 0 Å². The molecule has 0 amide bonds. The third-order valence-corrected chi connectivity index (χ3v) is 5.41. The van der Waals surface area contributed by atoms with Crippen molar-refractivity contribution in [2.45, 2.75) is 70.1 Å². The van der Waals surface area contributed by atoms with Crippen LogP contribution in [-0.4, -0.2) is 8.42 Å². The molecule has 0 bridgehead atoms. The van der Waals surface area contributed by atoms with Gasteiger partial charge in [0.15, 0.2) is 0 Å². The van der Waals surface area contributed by atoms with Gasteiger partial charge in [0, 0.05) is 0 Å². The van der Waals surface area contributed by atoms with E-state index in [2.05, 4.69) is 6.92 Å². The zero-order chi connectivity index (χ0) is 15.8. The highest BCUT2D eigenvalue weighted by Gasteiger charge is 2.30. The van der Waals surface area contributed by atoms with Crippen molar-refractivity contribution >= 4 is 10.1 Å². The monoisotopic (exact) mass is 297 g/mol. The maximum absolute atomic E-state index is 11.6. The molecule has 1 aromatic rings. The lowest BCUT2D eigenvalue weighted by Gasteiger charge is -2.28.